The summed E-state index contributed by atoms with van der Waals surface area (Å²) in [5, 5.41) is 32.8. The third-order valence-corrected chi connectivity index (χ3v) is 4.96. The van der Waals surface area contributed by atoms with E-state index < -0.39 is 4.92 Å². The second-order valence-electron chi connectivity index (χ2n) is 5.75. The van der Waals surface area contributed by atoms with E-state index in [0.717, 1.165) is 16.0 Å². The Bertz CT molecular complexity index is 1290. The Morgan fingerprint density at radius 2 is 1.85 bits per heavy atom. The van der Waals surface area contributed by atoms with Gasteiger partial charge < -0.3 is 0 Å². The van der Waals surface area contributed by atoms with Crippen molar-refractivity contribution >= 4 is 33.0 Å². The Kier molecular flexibility index (Phi) is 3.40. The highest BCUT2D eigenvalue weighted by Gasteiger charge is 2.16. The molecule has 0 bridgehead atoms. The Balaban J connectivity index is 1.50. The van der Waals surface area contributed by atoms with Gasteiger partial charge in [0.05, 0.1) is 17.0 Å². The maximum Gasteiger partial charge on any atom is 0.269 e. The minimum absolute atomic E-state index is 0.0246. The minimum Gasteiger partial charge on any atom is -0.258 e. The first-order chi connectivity index (χ1) is 13.2. The van der Waals surface area contributed by atoms with Gasteiger partial charge in [-0.3, -0.25) is 10.1 Å². The number of aromatic nitrogens is 7. The molecule has 0 aliphatic heterocycles. The number of nitro benzene ring substituents is 1. The van der Waals surface area contributed by atoms with Crippen LogP contribution in [-0.4, -0.2) is 39.7 Å². The number of fused-ring (bicyclic) bond motifs is 2. The quantitative estimate of drug-likeness (QED) is 0.348. The lowest BCUT2D eigenvalue weighted by Gasteiger charge is -1.98. The number of para-hydroxylation sites is 1. The number of nitrogens with zero attached hydrogens (tertiary/aromatic N) is 8. The second kappa shape index (κ2) is 5.92. The number of rotatable bonds is 4. The molecule has 10 nitrogen and oxygen atoms in total. The lowest BCUT2D eigenvalue weighted by Crippen LogP contribution is -2.02. The van der Waals surface area contributed by atoms with Gasteiger partial charge in [-0.05, 0) is 24.3 Å². The molecule has 0 amide bonds. The van der Waals surface area contributed by atoms with E-state index >= 15 is 0 Å². The molecule has 3 aromatic heterocycles. The van der Waals surface area contributed by atoms with Crippen molar-refractivity contribution in [3.63, 3.8) is 0 Å². The van der Waals surface area contributed by atoms with Crippen molar-refractivity contribution in [1.82, 2.24) is 34.8 Å². The minimum atomic E-state index is -0.438. The van der Waals surface area contributed by atoms with Gasteiger partial charge in [0.15, 0.2) is 5.82 Å². The van der Waals surface area contributed by atoms with E-state index in [2.05, 4.69) is 25.6 Å². The second-order valence-corrected chi connectivity index (χ2v) is 6.79. The highest BCUT2D eigenvalue weighted by Crippen LogP contribution is 2.24. The number of nitro groups is 1. The molecular weight excluding hydrogens is 368 g/mol. The zero-order chi connectivity index (χ0) is 18.4. The smallest absolute Gasteiger partial charge is 0.258 e. The lowest BCUT2D eigenvalue weighted by atomic mass is 10.2. The van der Waals surface area contributed by atoms with E-state index in [9.17, 15) is 10.1 Å². The fourth-order valence-corrected chi connectivity index (χ4v) is 3.61. The van der Waals surface area contributed by atoms with Gasteiger partial charge in [0.25, 0.3) is 5.69 Å². The van der Waals surface area contributed by atoms with E-state index in [0.29, 0.717) is 22.9 Å². The molecule has 27 heavy (non-hydrogen) atoms. The van der Waals surface area contributed by atoms with Crippen LogP contribution < -0.4 is 0 Å². The van der Waals surface area contributed by atoms with Crippen LogP contribution in [0.15, 0.2) is 48.5 Å². The van der Waals surface area contributed by atoms with E-state index in [4.69, 9.17) is 0 Å². The van der Waals surface area contributed by atoms with Crippen LogP contribution in [0.4, 0.5) is 5.69 Å². The Hall–Kier alpha value is -3.73. The van der Waals surface area contributed by atoms with Gasteiger partial charge in [-0.1, -0.05) is 28.7 Å². The zero-order valence-corrected chi connectivity index (χ0v) is 14.4. The molecule has 3 heterocycles. The first-order valence-corrected chi connectivity index (χ1v) is 8.75. The molecule has 5 aromatic rings. The molecule has 0 saturated heterocycles. The molecule has 0 radical (unpaired) electrons. The van der Waals surface area contributed by atoms with Crippen molar-refractivity contribution in [2.75, 3.05) is 0 Å². The third-order valence-electron chi connectivity index (χ3n) is 4.07. The predicted octanol–water partition coefficient (Wildman–Crippen LogP) is 2.55. The average Bonchev–Trinajstić information content (AvgIpc) is 3.37. The summed E-state index contributed by atoms with van der Waals surface area (Å²) in [5.41, 5.74) is 2.49. The van der Waals surface area contributed by atoms with Crippen LogP contribution >= 0.6 is 11.3 Å². The topological polar surface area (TPSA) is 117 Å². The molecule has 0 atom stereocenters. The zero-order valence-electron chi connectivity index (χ0n) is 13.6. The Labute approximate surface area is 154 Å². The van der Waals surface area contributed by atoms with Gasteiger partial charge in [-0.2, -0.15) is 9.61 Å². The summed E-state index contributed by atoms with van der Waals surface area (Å²) in [4.78, 5) is 11.0. The third kappa shape index (κ3) is 2.60. The first kappa shape index (κ1) is 15.5. The maximum atomic E-state index is 10.8. The molecule has 0 fully saturated rings. The summed E-state index contributed by atoms with van der Waals surface area (Å²) in [5.74, 6) is 0.533. The average molecular weight is 378 g/mol. The first-order valence-electron chi connectivity index (χ1n) is 7.93. The van der Waals surface area contributed by atoms with E-state index in [1.807, 2.05) is 24.3 Å². The van der Waals surface area contributed by atoms with Crippen LogP contribution in [-0.2, 0) is 6.54 Å². The fraction of sp³-hybridized carbons (Fsp3) is 0.0625. The molecule has 0 aliphatic rings. The normalized spacial score (nSPS) is 11.4. The van der Waals surface area contributed by atoms with Crippen molar-refractivity contribution in [2.24, 2.45) is 0 Å². The van der Waals surface area contributed by atoms with Crippen molar-refractivity contribution in [1.29, 1.82) is 0 Å². The molecule has 5 rings (SSSR count). The fourth-order valence-electron chi connectivity index (χ4n) is 2.79. The highest BCUT2D eigenvalue weighted by molar-refractivity contribution is 7.16. The number of benzene rings is 2. The summed E-state index contributed by atoms with van der Waals surface area (Å²) >= 11 is 1.41. The highest BCUT2D eigenvalue weighted by atomic mass is 32.1. The summed E-state index contributed by atoms with van der Waals surface area (Å²) in [6, 6.07) is 13.9. The van der Waals surface area contributed by atoms with E-state index in [-0.39, 0.29) is 5.69 Å². The van der Waals surface area contributed by atoms with Gasteiger partial charge in [0, 0.05) is 17.7 Å². The van der Waals surface area contributed by atoms with Gasteiger partial charge in [-0.15, -0.1) is 15.3 Å². The number of hydrogen-bond donors (Lipinski definition) is 0. The largest absolute Gasteiger partial charge is 0.269 e. The molecule has 0 saturated carbocycles. The van der Waals surface area contributed by atoms with Crippen molar-refractivity contribution in [3.8, 4) is 11.4 Å². The number of non-ortho nitro benzene ring substituents is 1. The lowest BCUT2D eigenvalue weighted by molar-refractivity contribution is -0.384. The molecular formula is C16H10N8O2S. The van der Waals surface area contributed by atoms with E-state index in [1.165, 1.54) is 23.5 Å². The molecule has 11 heteroatoms. The molecule has 2 aromatic carbocycles. The summed E-state index contributed by atoms with van der Waals surface area (Å²) in [7, 11) is 0. The van der Waals surface area contributed by atoms with Gasteiger partial charge >= 0.3 is 0 Å². The molecule has 0 unspecified atom stereocenters. The summed E-state index contributed by atoms with van der Waals surface area (Å²) in [6.07, 6.45) is 0. The van der Waals surface area contributed by atoms with Gasteiger partial charge in [-0.25, -0.2) is 4.68 Å². The summed E-state index contributed by atoms with van der Waals surface area (Å²) in [6.45, 7) is 0.467. The predicted molar refractivity (Wildman–Crippen MR) is 97.4 cm³/mol. The van der Waals surface area contributed by atoms with Gasteiger partial charge in [0.1, 0.15) is 10.5 Å². The van der Waals surface area contributed by atoms with Crippen molar-refractivity contribution in [2.45, 2.75) is 6.54 Å². The maximum absolute atomic E-state index is 10.8. The van der Waals surface area contributed by atoms with Crippen LogP contribution in [0.3, 0.4) is 0 Å². The van der Waals surface area contributed by atoms with Crippen LogP contribution in [0.25, 0.3) is 27.4 Å². The Morgan fingerprint density at radius 1 is 1.04 bits per heavy atom. The van der Waals surface area contributed by atoms with Crippen molar-refractivity contribution < 1.29 is 4.92 Å². The SMILES string of the molecule is O=[N+]([O-])c1ccc(-c2nnc3sc(Cn4nnc5ccccc54)nn23)cc1. The van der Waals surface area contributed by atoms with Gasteiger partial charge in [0.2, 0.25) is 4.96 Å². The summed E-state index contributed by atoms with van der Waals surface area (Å²) < 4.78 is 3.42. The molecule has 0 aliphatic carbocycles. The van der Waals surface area contributed by atoms with Crippen LogP contribution in [0.2, 0.25) is 0 Å². The van der Waals surface area contributed by atoms with Crippen LogP contribution in [0.1, 0.15) is 5.01 Å². The van der Waals surface area contributed by atoms with Crippen LogP contribution in [0, 0.1) is 10.1 Å². The molecule has 0 N–H and O–H groups in total. The Morgan fingerprint density at radius 3 is 2.67 bits per heavy atom. The number of hydrogen-bond acceptors (Lipinski definition) is 8. The van der Waals surface area contributed by atoms with Crippen molar-refractivity contribution in [3.05, 3.63) is 63.7 Å². The van der Waals surface area contributed by atoms with E-state index in [1.54, 1.807) is 21.3 Å². The molecule has 132 valence electrons. The monoisotopic (exact) mass is 378 g/mol. The van der Waals surface area contributed by atoms with Crippen LogP contribution in [0.5, 0.6) is 0 Å². The molecule has 0 spiro atoms. The standard InChI is InChI=1S/C16H10N8O2S/c25-24(26)11-7-5-10(6-8-11)15-18-19-16-23(15)20-14(27-16)9-22-13-4-2-1-3-12(13)17-21-22/h1-8H,9H2.